The van der Waals surface area contributed by atoms with E-state index in [0.717, 1.165) is 39.2 Å². The van der Waals surface area contributed by atoms with Gasteiger partial charge in [-0.15, -0.1) is 0 Å². The Labute approximate surface area is 205 Å². The Morgan fingerprint density at radius 2 is 1.77 bits per heavy atom. The molecule has 2 aromatic carbocycles. The van der Waals surface area contributed by atoms with Crippen molar-refractivity contribution in [3.8, 4) is 22.4 Å². The number of carboxylic acids is 1. The molecule has 6 nitrogen and oxygen atoms in total. The third-order valence-electron chi connectivity index (χ3n) is 5.87. The van der Waals surface area contributed by atoms with Crippen molar-refractivity contribution in [1.82, 2.24) is 4.98 Å². The van der Waals surface area contributed by atoms with Gasteiger partial charge in [-0.2, -0.15) is 0 Å². The fraction of sp³-hybridized carbons (Fsp3) is 0.333. The Bertz CT molecular complexity index is 1250. The number of halogens is 1. The number of aliphatic carboxylic acids is 1. The lowest BCUT2D eigenvalue weighted by Crippen LogP contribution is -2.19. The van der Waals surface area contributed by atoms with Gasteiger partial charge in [0, 0.05) is 17.4 Å². The van der Waals surface area contributed by atoms with E-state index in [2.05, 4.69) is 0 Å². The number of carboxylic acid groups (broad SMARTS) is 1. The van der Waals surface area contributed by atoms with Crippen LogP contribution >= 0.6 is 7.37 Å². The van der Waals surface area contributed by atoms with E-state index in [0.29, 0.717) is 0 Å². The second-order valence-corrected chi connectivity index (χ2v) is 11.7. The fourth-order valence-corrected chi connectivity index (χ4v) is 5.77. The van der Waals surface area contributed by atoms with E-state index in [1.165, 1.54) is 12.1 Å². The molecule has 0 aliphatic carbocycles. The van der Waals surface area contributed by atoms with Crippen molar-refractivity contribution in [1.29, 1.82) is 0 Å². The summed E-state index contributed by atoms with van der Waals surface area (Å²) in [5.74, 6) is -1.57. The molecule has 0 bridgehead atoms. The third kappa shape index (κ3) is 7.07. The van der Waals surface area contributed by atoms with Gasteiger partial charge < -0.3 is 15.1 Å². The Balaban J connectivity index is 2.09. The van der Waals surface area contributed by atoms with E-state index in [-0.39, 0.29) is 24.3 Å². The van der Waals surface area contributed by atoms with Crippen molar-refractivity contribution >= 4 is 13.3 Å². The van der Waals surface area contributed by atoms with Crippen molar-refractivity contribution in [2.75, 3.05) is 12.3 Å². The van der Waals surface area contributed by atoms with Gasteiger partial charge in [0.05, 0.1) is 24.4 Å². The molecule has 3 N–H and O–H groups in total. The van der Waals surface area contributed by atoms with Crippen LogP contribution in [0.5, 0.6) is 0 Å². The second-order valence-electron chi connectivity index (χ2n) is 9.15. The second kappa shape index (κ2) is 11.3. The lowest BCUT2D eigenvalue weighted by Gasteiger charge is -2.22. The average Bonchev–Trinajstić information content (AvgIpc) is 2.77. The van der Waals surface area contributed by atoms with Gasteiger partial charge in [0.25, 0.3) is 0 Å². The van der Waals surface area contributed by atoms with Crippen molar-refractivity contribution < 1.29 is 28.9 Å². The van der Waals surface area contributed by atoms with E-state index in [1.54, 1.807) is 6.07 Å². The van der Waals surface area contributed by atoms with Crippen LogP contribution in [0, 0.1) is 12.7 Å². The summed E-state index contributed by atoms with van der Waals surface area (Å²) in [5, 5.41) is 18.7. The Hall–Kier alpha value is -2.86. The number of aliphatic hydroxyl groups is 1. The first-order chi connectivity index (χ1) is 16.5. The molecule has 35 heavy (non-hydrogen) atoms. The molecule has 0 aliphatic rings. The maximum atomic E-state index is 13.9. The number of carbonyl (C=O) groups is 1. The zero-order chi connectivity index (χ0) is 25.8. The highest BCUT2D eigenvalue weighted by atomic mass is 31.2. The summed E-state index contributed by atoms with van der Waals surface area (Å²) in [5.41, 5.74) is 5.59. The van der Waals surface area contributed by atoms with Crippen molar-refractivity contribution in [2.24, 2.45) is 0 Å². The summed E-state index contributed by atoms with van der Waals surface area (Å²) in [4.78, 5) is 26.2. The number of hydrogen-bond acceptors (Lipinski definition) is 4. The highest BCUT2D eigenvalue weighted by Crippen LogP contribution is 2.44. The van der Waals surface area contributed by atoms with Crippen LogP contribution in [-0.2, 0) is 15.8 Å². The van der Waals surface area contributed by atoms with Crippen LogP contribution in [0.4, 0.5) is 4.39 Å². The number of rotatable bonds is 10. The third-order valence-corrected chi connectivity index (χ3v) is 7.78. The van der Waals surface area contributed by atoms with Gasteiger partial charge in [-0.05, 0) is 59.7 Å². The molecule has 0 radical (unpaired) electrons. The van der Waals surface area contributed by atoms with Crippen LogP contribution in [-0.4, -0.2) is 44.5 Å². The first-order valence-electron chi connectivity index (χ1n) is 11.5. The van der Waals surface area contributed by atoms with Crippen LogP contribution in [0.1, 0.15) is 43.0 Å². The Morgan fingerprint density at radius 1 is 1.09 bits per heavy atom. The molecular formula is C27H31FNO5P. The van der Waals surface area contributed by atoms with Gasteiger partial charge in [-0.3, -0.25) is 14.3 Å². The maximum absolute atomic E-state index is 13.9. The summed E-state index contributed by atoms with van der Waals surface area (Å²) in [7, 11) is -3.82. The minimum atomic E-state index is -3.82. The highest BCUT2D eigenvalue weighted by molar-refractivity contribution is 7.58. The number of hydrogen-bond donors (Lipinski definition) is 3. The zero-order valence-corrected chi connectivity index (χ0v) is 21.0. The van der Waals surface area contributed by atoms with E-state index in [4.69, 9.17) is 10.1 Å². The molecule has 0 spiro atoms. The topological polar surface area (TPSA) is 108 Å². The van der Waals surface area contributed by atoms with Crippen LogP contribution in [0.2, 0.25) is 0 Å². The predicted molar refractivity (Wildman–Crippen MR) is 135 cm³/mol. The Kier molecular flexibility index (Phi) is 8.60. The number of aromatic nitrogens is 1. The van der Waals surface area contributed by atoms with E-state index in [1.807, 2.05) is 57.2 Å². The SMILES string of the molecule is Cc1cc(F)ccc1-c1cc(-c2ccccc2)nc(C(C)C)c1CCP(=O)(O)C[C@H](O)CC(=O)O. The van der Waals surface area contributed by atoms with Gasteiger partial charge in [0.15, 0.2) is 0 Å². The molecule has 1 unspecified atom stereocenters. The molecule has 0 aliphatic heterocycles. The number of nitrogens with zero attached hydrogens (tertiary/aromatic N) is 1. The van der Waals surface area contributed by atoms with E-state index >= 15 is 0 Å². The molecule has 186 valence electrons. The maximum Gasteiger partial charge on any atom is 0.305 e. The molecule has 3 rings (SSSR count). The number of aryl methyl sites for hydroxylation is 1. The van der Waals surface area contributed by atoms with Gasteiger partial charge in [-0.1, -0.05) is 50.2 Å². The van der Waals surface area contributed by atoms with Crippen LogP contribution < -0.4 is 0 Å². The summed E-state index contributed by atoms with van der Waals surface area (Å²) in [6, 6.07) is 16.2. The first kappa shape index (κ1) is 26.7. The quantitative estimate of drug-likeness (QED) is 0.312. The molecule has 8 heteroatoms. The van der Waals surface area contributed by atoms with Crippen LogP contribution in [0.25, 0.3) is 22.4 Å². The molecule has 1 aromatic heterocycles. The minimum absolute atomic E-state index is 0.00356. The molecule has 1 heterocycles. The molecule has 0 saturated carbocycles. The zero-order valence-electron chi connectivity index (χ0n) is 20.1. The lowest BCUT2D eigenvalue weighted by molar-refractivity contribution is -0.138. The smallest absolute Gasteiger partial charge is 0.305 e. The number of benzene rings is 2. The number of aliphatic hydroxyl groups excluding tert-OH is 1. The van der Waals surface area contributed by atoms with E-state index < -0.39 is 32.0 Å². The fourth-order valence-electron chi connectivity index (χ4n) is 4.23. The van der Waals surface area contributed by atoms with Gasteiger partial charge in [0.1, 0.15) is 5.82 Å². The monoisotopic (exact) mass is 499 g/mol. The Morgan fingerprint density at radius 3 is 2.37 bits per heavy atom. The summed E-state index contributed by atoms with van der Waals surface area (Å²) < 4.78 is 26.7. The summed E-state index contributed by atoms with van der Waals surface area (Å²) >= 11 is 0. The minimum Gasteiger partial charge on any atom is -0.481 e. The largest absolute Gasteiger partial charge is 0.481 e. The highest BCUT2D eigenvalue weighted by Gasteiger charge is 2.27. The standard InChI is InChI=1S/C27H31FNO5P/c1-17(2)27-23(11-12-35(33,34)16-21(30)14-26(31)32)24(22-10-9-20(28)13-18(22)3)15-25(29-27)19-7-5-4-6-8-19/h4-10,13,15,17,21,30H,11-12,14,16H2,1-3H3,(H,31,32)(H,33,34)/t21-/m1/s1. The molecule has 2 atom stereocenters. The van der Waals surface area contributed by atoms with Crippen LogP contribution in [0.3, 0.4) is 0 Å². The van der Waals surface area contributed by atoms with Gasteiger partial charge in [0.2, 0.25) is 7.37 Å². The first-order valence-corrected chi connectivity index (χ1v) is 13.6. The van der Waals surface area contributed by atoms with Crippen molar-refractivity contribution in [3.05, 3.63) is 77.2 Å². The normalized spacial score (nSPS) is 14.0. The molecular weight excluding hydrogens is 468 g/mol. The van der Waals surface area contributed by atoms with E-state index in [9.17, 15) is 23.7 Å². The van der Waals surface area contributed by atoms with Gasteiger partial charge >= 0.3 is 5.97 Å². The summed E-state index contributed by atoms with van der Waals surface area (Å²) in [6.45, 7) is 5.81. The van der Waals surface area contributed by atoms with Crippen LogP contribution in [0.15, 0.2) is 54.6 Å². The number of pyridine rings is 1. The van der Waals surface area contributed by atoms with Gasteiger partial charge in [-0.25, -0.2) is 4.39 Å². The molecule has 0 saturated heterocycles. The average molecular weight is 500 g/mol. The van der Waals surface area contributed by atoms with Crippen molar-refractivity contribution in [2.45, 2.75) is 45.6 Å². The predicted octanol–water partition coefficient (Wildman–Crippen LogP) is 5.64. The molecule has 0 fully saturated rings. The summed E-state index contributed by atoms with van der Waals surface area (Å²) in [6.07, 6.45) is -2.41. The lowest BCUT2D eigenvalue weighted by atomic mass is 9.89. The van der Waals surface area contributed by atoms with Crippen molar-refractivity contribution in [3.63, 3.8) is 0 Å². The molecule has 0 amide bonds. The molecule has 3 aromatic rings.